The molecule has 1 aromatic carbocycles. The molecule has 1 heterocycles. The van der Waals surface area contributed by atoms with Crippen molar-refractivity contribution in [2.24, 2.45) is 0 Å². The predicted molar refractivity (Wildman–Crippen MR) is 99.6 cm³/mol. The minimum absolute atomic E-state index is 0.139. The fraction of sp³-hybridized carbons (Fsp3) is 0.316. The summed E-state index contributed by atoms with van der Waals surface area (Å²) in [5.74, 6) is -1.78. The number of carbonyl (C=O) groups is 4. The van der Waals surface area contributed by atoms with Crippen LogP contribution in [0, 0.1) is 0 Å². The summed E-state index contributed by atoms with van der Waals surface area (Å²) in [7, 11) is 0. The predicted octanol–water partition coefficient (Wildman–Crippen LogP) is 0.472. The minimum Gasteiger partial charge on any atom is -0.481 e. The number of aromatic amines is 1. The van der Waals surface area contributed by atoms with Crippen LogP contribution in [0.1, 0.15) is 35.2 Å². The van der Waals surface area contributed by atoms with Crippen molar-refractivity contribution >= 4 is 24.1 Å². The van der Waals surface area contributed by atoms with Crippen LogP contribution in [0.4, 0.5) is 0 Å². The highest BCUT2D eigenvalue weighted by Gasteiger charge is 2.22. The minimum atomic E-state index is -1.21. The fourth-order valence-corrected chi connectivity index (χ4v) is 2.48. The molecule has 4 N–H and O–H groups in total. The molecule has 28 heavy (non-hydrogen) atoms. The first-order valence-electron chi connectivity index (χ1n) is 8.75. The first kappa shape index (κ1) is 20.8. The molecule has 2 atom stereocenters. The smallest absolute Gasteiger partial charge is 0.305 e. The SMILES string of the molecule is C[C@H](NC(=O)c1c[nH]c(CCc2ccccc2)n1)C(=O)N[C@H](C=O)CC(=O)O. The van der Waals surface area contributed by atoms with Gasteiger partial charge in [0.05, 0.1) is 12.5 Å². The molecule has 9 heteroatoms. The van der Waals surface area contributed by atoms with Crippen molar-refractivity contribution in [3.05, 3.63) is 53.6 Å². The maximum absolute atomic E-state index is 12.2. The molecule has 0 saturated carbocycles. The summed E-state index contributed by atoms with van der Waals surface area (Å²) in [4.78, 5) is 52.9. The van der Waals surface area contributed by atoms with E-state index >= 15 is 0 Å². The molecular formula is C19H22N4O5. The number of carboxylic acid groups (broad SMARTS) is 1. The number of aliphatic carboxylic acids is 1. The molecule has 2 rings (SSSR count). The third-order valence-electron chi connectivity index (χ3n) is 3.98. The molecule has 0 aliphatic carbocycles. The van der Waals surface area contributed by atoms with Gasteiger partial charge in [0.15, 0.2) is 0 Å². The van der Waals surface area contributed by atoms with Crippen LogP contribution in [-0.2, 0) is 27.2 Å². The quantitative estimate of drug-likeness (QED) is 0.438. The molecule has 0 unspecified atom stereocenters. The Hall–Kier alpha value is -3.49. The summed E-state index contributed by atoms with van der Waals surface area (Å²) in [5.41, 5.74) is 1.29. The van der Waals surface area contributed by atoms with E-state index < -0.39 is 36.3 Å². The van der Waals surface area contributed by atoms with Gasteiger partial charge in [0.1, 0.15) is 23.8 Å². The molecule has 2 aromatic rings. The molecule has 0 bridgehead atoms. The molecule has 9 nitrogen and oxygen atoms in total. The number of aryl methyl sites for hydroxylation is 2. The molecule has 0 aliphatic rings. The maximum atomic E-state index is 12.2. The standard InChI is InChI=1S/C19H22N4O5/c1-12(18(27)22-14(11-24)9-17(25)26)21-19(28)15-10-20-16(23-15)8-7-13-5-3-2-4-6-13/h2-6,10-12,14H,7-9H2,1H3,(H,20,23)(H,21,28)(H,22,27)(H,25,26)/t12-,14-/m0/s1. The zero-order valence-corrected chi connectivity index (χ0v) is 15.3. The van der Waals surface area contributed by atoms with Crippen molar-refractivity contribution in [1.29, 1.82) is 0 Å². The number of nitrogens with zero attached hydrogens (tertiary/aromatic N) is 1. The van der Waals surface area contributed by atoms with Crippen LogP contribution >= 0.6 is 0 Å². The number of aromatic nitrogens is 2. The Morgan fingerprint density at radius 3 is 2.54 bits per heavy atom. The second-order valence-corrected chi connectivity index (χ2v) is 6.26. The highest BCUT2D eigenvalue weighted by Crippen LogP contribution is 2.05. The lowest BCUT2D eigenvalue weighted by atomic mass is 10.1. The van der Waals surface area contributed by atoms with E-state index in [0.29, 0.717) is 18.5 Å². The lowest BCUT2D eigenvalue weighted by molar-refractivity contribution is -0.138. The molecule has 0 fully saturated rings. The van der Waals surface area contributed by atoms with Crippen LogP contribution < -0.4 is 10.6 Å². The van der Waals surface area contributed by atoms with Crippen LogP contribution in [0.3, 0.4) is 0 Å². The Bertz CT molecular complexity index is 834. The topological polar surface area (TPSA) is 141 Å². The highest BCUT2D eigenvalue weighted by molar-refractivity contribution is 5.96. The molecule has 0 spiro atoms. The summed E-state index contributed by atoms with van der Waals surface area (Å²) >= 11 is 0. The second kappa shape index (κ2) is 10.0. The van der Waals surface area contributed by atoms with Crippen LogP contribution in [0.5, 0.6) is 0 Å². The lowest BCUT2D eigenvalue weighted by Crippen LogP contribution is -2.49. The van der Waals surface area contributed by atoms with Crippen molar-refractivity contribution in [3.63, 3.8) is 0 Å². The van der Waals surface area contributed by atoms with Crippen LogP contribution in [0.2, 0.25) is 0 Å². The monoisotopic (exact) mass is 386 g/mol. The van der Waals surface area contributed by atoms with Crippen LogP contribution in [0.25, 0.3) is 0 Å². The van der Waals surface area contributed by atoms with Crippen molar-refractivity contribution in [2.75, 3.05) is 0 Å². The molecule has 0 saturated heterocycles. The number of amides is 2. The number of carboxylic acids is 1. The van der Waals surface area contributed by atoms with E-state index in [4.69, 9.17) is 5.11 Å². The highest BCUT2D eigenvalue weighted by atomic mass is 16.4. The molecule has 2 amide bonds. The van der Waals surface area contributed by atoms with Crippen LogP contribution in [-0.4, -0.2) is 51.2 Å². The molecule has 148 valence electrons. The number of carbonyl (C=O) groups excluding carboxylic acids is 3. The van der Waals surface area contributed by atoms with Gasteiger partial charge in [-0.25, -0.2) is 4.98 Å². The number of aldehydes is 1. The number of rotatable bonds is 10. The largest absolute Gasteiger partial charge is 0.481 e. The van der Waals surface area contributed by atoms with E-state index in [-0.39, 0.29) is 5.69 Å². The van der Waals surface area contributed by atoms with Crippen molar-refractivity contribution < 1.29 is 24.3 Å². The van der Waals surface area contributed by atoms with Gasteiger partial charge in [-0.3, -0.25) is 14.4 Å². The van der Waals surface area contributed by atoms with Gasteiger partial charge in [-0.2, -0.15) is 0 Å². The van der Waals surface area contributed by atoms with Gasteiger partial charge in [-0.05, 0) is 18.9 Å². The van der Waals surface area contributed by atoms with Crippen LogP contribution in [0.15, 0.2) is 36.5 Å². The maximum Gasteiger partial charge on any atom is 0.305 e. The van der Waals surface area contributed by atoms with Gasteiger partial charge in [0, 0.05) is 12.6 Å². The number of H-pyrrole nitrogens is 1. The van der Waals surface area contributed by atoms with Crippen molar-refractivity contribution in [2.45, 2.75) is 38.3 Å². The lowest BCUT2D eigenvalue weighted by Gasteiger charge is -2.16. The number of nitrogens with one attached hydrogen (secondary N) is 3. The summed E-state index contributed by atoms with van der Waals surface area (Å²) in [5, 5.41) is 13.4. The number of imidazole rings is 1. The van der Waals surface area contributed by atoms with Gasteiger partial charge >= 0.3 is 5.97 Å². The average Bonchev–Trinajstić information content (AvgIpc) is 3.15. The summed E-state index contributed by atoms with van der Waals surface area (Å²) in [6.07, 6.45) is 2.67. The molecule has 0 radical (unpaired) electrons. The molecular weight excluding hydrogens is 364 g/mol. The second-order valence-electron chi connectivity index (χ2n) is 6.26. The Morgan fingerprint density at radius 2 is 1.89 bits per heavy atom. The fourth-order valence-electron chi connectivity index (χ4n) is 2.48. The third-order valence-corrected chi connectivity index (χ3v) is 3.98. The zero-order chi connectivity index (χ0) is 20.5. The zero-order valence-electron chi connectivity index (χ0n) is 15.3. The first-order valence-corrected chi connectivity index (χ1v) is 8.75. The van der Waals surface area contributed by atoms with Gasteiger partial charge in [0.25, 0.3) is 5.91 Å². The van der Waals surface area contributed by atoms with Gasteiger partial charge in [-0.15, -0.1) is 0 Å². The van der Waals surface area contributed by atoms with Gasteiger partial charge < -0.3 is 25.5 Å². The van der Waals surface area contributed by atoms with Crippen molar-refractivity contribution in [1.82, 2.24) is 20.6 Å². The van der Waals surface area contributed by atoms with E-state index in [9.17, 15) is 19.2 Å². The Labute approximate surface area is 161 Å². The number of hydrogen-bond acceptors (Lipinski definition) is 5. The average molecular weight is 386 g/mol. The van der Waals surface area contributed by atoms with E-state index in [1.807, 2.05) is 30.3 Å². The third kappa shape index (κ3) is 6.35. The Balaban J connectivity index is 1.86. The first-order chi connectivity index (χ1) is 13.4. The molecule has 1 aromatic heterocycles. The number of benzene rings is 1. The van der Waals surface area contributed by atoms with E-state index in [1.54, 1.807) is 0 Å². The van der Waals surface area contributed by atoms with Gasteiger partial charge in [0.2, 0.25) is 5.91 Å². The van der Waals surface area contributed by atoms with E-state index in [0.717, 1.165) is 12.0 Å². The number of hydrogen-bond donors (Lipinski definition) is 4. The van der Waals surface area contributed by atoms with Crippen molar-refractivity contribution in [3.8, 4) is 0 Å². The van der Waals surface area contributed by atoms with Gasteiger partial charge in [-0.1, -0.05) is 30.3 Å². The Kier molecular flexibility index (Phi) is 7.44. The Morgan fingerprint density at radius 1 is 1.18 bits per heavy atom. The normalized spacial score (nSPS) is 12.6. The summed E-state index contributed by atoms with van der Waals surface area (Å²) < 4.78 is 0. The van der Waals surface area contributed by atoms with E-state index in [2.05, 4.69) is 20.6 Å². The summed E-state index contributed by atoms with van der Waals surface area (Å²) in [6.45, 7) is 1.43. The van der Waals surface area contributed by atoms with E-state index in [1.165, 1.54) is 13.1 Å². The molecule has 0 aliphatic heterocycles. The summed E-state index contributed by atoms with van der Waals surface area (Å²) in [6, 6.07) is 7.74.